The monoisotopic (exact) mass is 426 g/mol. The third-order valence-electron chi connectivity index (χ3n) is 7.01. The number of carbonyl (C=O) groups excluding carboxylic acids is 1. The Kier molecular flexibility index (Phi) is 5.66. The highest BCUT2D eigenvalue weighted by atomic mass is 16.1. The number of carbonyl (C=O) groups is 1. The fourth-order valence-electron chi connectivity index (χ4n) is 4.99. The van der Waals surface area contributed by atoms with E-state index >= 15 is 0 Å². The number of rotatable bonds is 4. The van der Waals surface area contributed by atoms with Gasteiger partial charge < -0.3 is 16.0 Å². The molecular formula is C27H30N4O. The van der Waals surface area contributed by atoms with Gasteiger partial charge in [-0.1, -0.05) is 43.3 Å². The van der Waals surface area contributed by atoms with Crippen LogP contribution in [-0.4, -0.2) is 42.0 Å². The number of anilines is 1. The number of amides is 1. The highest BCUT2D eigenvalue weighted by molar-refractivity contribution is 5.97. The van der Waals surface area contributed by atoms with Crippen molar-refractivity contribution >= 4 is 11.7 Å². The SMILES string of the molecule is CCN1CCC(c2ccc(-c3cnc(N)c(-c4ccc5c(c4)CCNC5=O)c3)cc2)CC1. The predicted molar refractivity (Wildman–Crippen MR) is 130 cm³/mol. The Morgan fingerprint density at radius 1 is 1.00 bits per heavy atom. The van der Waals surface area contributed by atoms with Gasteiger partial charge in [0, 0.05) is 29.4 Å². The summed E-state index contributed by atoms with van der Waals surface area (Å²) in [6.07, 6.45) is 5.15. The molecule has 0 aliphatic carbocycles. The number of fused-ring (bicyclic) bond motifs is 1. The smallest absolute Gasteiger partial charge is 0.251 e. The molecule has 5 heteroatoms. The van der Waals surface area contributed by atoms with E-state index in [1.54, 1.807) is 0 Å². The van der Waals surface area contributed by atoms with Gasteiger partial charge in [-0.15, -0.1) is 0 Å². The highest BCUT2D eigenvalue weighted by Crippen LogP contribution is 2.33. The zero-order valence-electron chi connectivity index (χ0n) is 18.6. The first-order valence-electron chi connectivity index (χ1n) is 11.6. The molecule has 2 aromatic carbocycles. The fourth-order valence-corrected chi connectivity index (χ4v) is 4.99. The molecule has 32 heavy (non-hydrogen) atoms. The van der Waals surface area contributed by atoms with Crippen molar-refractivity contribution in [3.05, 3.63) is 71.4 Å². The first-order valence-corrected chi connectivity index (χ1v) is 11.6. The number of nitrogens with zero attached hydrogens (tertiary/aromatic N) is 2. The summed E-state index contributed by atoms with van der Waals surface area (Å²) < 4.78 is 0. The van der Waals surface area contributed by atoms with Gasteiger partial charge in [0.15, 0.2) is 0 Å². The molecular weight excluding hydrogens is 396 g/mol. The molecule has 0 spiro atoms. The topological polar surface area (TPSA) is 71.2 Å². The van der Waals surface area contributed by atoms with Gasteiger partial charge in [-0.2, -0.15) is 0 Å². The van der Waals surface area contributed by atoms with Gasteiger partial charge >= 0.3 is 0 Å². The number of hydrogen-bond donors (Lipinski definition) is 2. The van der Waals surface area contributed by atoms with Crippen molar-refractivity contribution in [2.24, 2.45) is 0 Å². The molecule has 0 radical (unpaired) electrons. The second-order valence-corrected chi connectivity index (χ2v) is 8.87. The molecule has 0 atom stereocenters. The van der Waals surface area contributed by atoms with Crippen LogP contribution in [0.5, 0.6) is 0 Å². The van der Waals surface area contributed by atoms with Crippen molar-refractivity contribution in [2.75, 3.05) is 31.9 Å². The van der Waals surface area contributed by atoms with Crippen LogP contribution in [0.2, 0.25) is 0 Å². The van der Waals surface area contributed by atoms with Crippen LogP contribution in [-0.2, 0) is 6.42 Å². The van der Waals surface area contributed by atoms with Gasteiger partial charge in [-0.05, 0) is 79.2 Å². The van der Waals surface area contributed by atoms with Gasteiger partial charge in [-0.25, -0.2) is 4.98 Å². The standard InChI is InChI=1S/C27H30N4O/c1-2-31-13-10-20(11-14-31)18-3-5-19(6-4-18)23-16-25(26(28)30-17-23)21-7-8-24-22(15-21)9-12-29-27(24)32/h3-8,15-17,20H,2,9-14H2,1H3,(H2,28,30)(H,29,32). The lowest BCUT2D eigenvalue weighted by atomic mass is 9.88. The van der Waals surface area contributed by atoms with E-state index in [1.807, 2.05) is 18.3 Å². The largest absolute Gasteiger partial charge is 0.383 e. The average Bonchev–Trinajstić information content (AvgIpc) is 2.84. The summed E-state index contributed by atoms with van der Waals surface area (Å²) in [4.78, 5) is 19.1. The van der Waals surface area contributed by atoms with Crippen molar-refractivity contribution < 1.29 is 4.79 Å². The second kappa shape index (κ2) is 8.75. The van der Waals surface area contributed by atoms with Crippen LogP contribution in [0.3, 0.4) is 0 Å². The van der Waals surface area contributed by atoms with Crippen LogP contribution in [0.4, 0.5) is 5.82 Å². The van der Waals surface area contributed by atoms with Crippen LogP contribution >= 0.6 is 0 Å². The van der Waals surface area contributed by atoms with E-state index in [2.05, 4.69) is 58.5 Å². The second-order valence-electron chi connectivity index (χ2n) is 8.87. The molecule has 3 N–H and O–H groups in total. The van der Waals surface area contributed by atoms with Gasteiger partial charge in [0.25, 0.3) is 5.91 Å². The van der Waals surface area contributed by atoms with Crippen LogP contribution in [0.15, 0.2) is 54.7 Å². The van der Waals surface area contributed by atoms with Crippen molar-refractivity contribution in [2.45, 2.75) is 32.1 Å². The average molecular weight is 427 g/mol. The molecule has 3 heterocycles. The Balaban J connectivity index is 1.40. The van der Waals surface area contributed by atoms with Crippen molar-refractivity contribution in [1.29, 1.82) is 0 Å². The Morgan fingerprint density at radius 2 is 1.75 bits per heavy atom. The lowest BCUT2D eigenvalue weighted by Crippen LogP contribution is -2.32. The van der Waals surface area contributed by atoms with Gasteiger partial charge in [0.1, 0.15) is 5.82 Å². The maximum absolute atomic E-state index is 12.1. The van der Waals surface area contributed by atoms with E-state index < -0.39 is 0 Å². The maximum atomic E-state index is 12.1. The molecule has 3 aromatic rings. The van der Waals surface area contributed by atoms with Gasteiger partial charge in [0.2, 0.25) is 0 Å². The van der Waals surface area contributed by atoms with Crippen LogP contribution in [0.1, 0.15) is 47.2 Å². The van der Waals surface area contributed by atoms with Gasteiger partial charge in [-0.3, -0.25) is 4.79 Å². The van der Waals surface area contributed by atoms with E-state index in [0.717, 1.165) is 46.3 Å². The van der Waals surface area contributed by atoms with E-state index in [9.17, 15) is 4.79 Å². The Hall–Kier alpha value is -3.18. The van der Waals surface area contributed by atoms with E-state index in [0.29, 0.717) is 18.3 Å². The van der Waals surface area contributed by atoms with Crippen molar-refractivity contribution in [1.82, 2.24) is 15.2 Å². The summed E-state index contributed by atoms with van der Waals surface area (Å²) in [6, 6.07) is 17.0. The molecule has 0 bridgehead atoms. The Bertz CT molecular complexity index is 1130. The van der Waals surface area contributed by atoms with E-state index in [-0.39, 0.29) is 5.91 Å². The summed E-state index contributed by atoms with van der Waals surface area (Å²) >= 11 is 0. The molecule has 2 aliphatic heterocycles. The molecule has 0 saturated carbocycles. The molecule has 5 rings (SSSR count). The molecule has 164 valence electrons. The van der Waals surface area contributed by atoms with E-state index in [1.165, 1.54) is 31.5 Å². The lowest BCUT2D eigenvalue weighted by molar-refractivity contribution is 0.0946. The molecule has 5 nitrogen and oxygen atoms in total. The molecule has 1 saturated heterocycles. The summed E-state index contributed by atoms with van der Waals surface area (Å²) in [5, 5.41) is 2.89. The van der Waals surface area contributed by atoms with E-state index in [4.69, 9.17) is 5.73 Å². The van der Waals surface area contributed by atoms with Crippen LogP contribution in [0.25, 0.3) is 22.3 Å². The quantitative estimate of drug-likeness (QED) is 0.645. The zero-order valence-corrected chi connectivity index (χ0v) is 18.6. The van der Waals surface area contributed by atoms with Crippen LogP contribution in [0, 0.1) is 0 Å². The summed E-state index contributed by atoms with van der Waals surface area (Å²) in [5.74, 6) is 1.16. The zero-order chi connectivity index (χ0) is 22.1. The summed E-state index contributed by atoms with van der Waals surface area (Å²) in [5.41, 5.74) is 13.6. The normalized spacial score (nSPS) is 17.1. The number of likely N-dealkylation sites (tertiary alicyclic amines) is 1. The number of nitrogens with one attached hydrogen (secondary N) is 1. The first kappa shape index (κ1) is 20.7. The number of aromatic nitrogens is 1. The maximum Gasteiger partial charge on any atom is 0.251 e. The minimum atomic E-state index is -0.00175. The minimum Gasteiger partial charge on any atom is -0.383 e. The number of benzene rings is 2. The number of piperidine rings is 1. The lowest BCUT2D eigenvalue weighted by Gasteiger charge is -2.31. The van der Waals surface area contributed by atoms with Gasteiger partial charge in [0.05, 0.1) is 0 Å². The molecule has 0 unspecified atom stereocenters. The Morgan fingerprint density at radius 3 is 2.50 bits per heavy atom. The number of pyridine rings is 1. The summed E-state index contributed by atoms with van der Waals surface area (Å²) in [6.45, 7) is 6.44. The summed E-state index contributed by atoms with van der Waals surface area (Å²) in [7, 11) is 0. The number of hydrogen-bond acceptors (Lipinski definition) is 4. The Labute approximate surface area is 189 Å². The third kappa shape index (κ3) is 4.00. The molecule has 1 amide bonds. The number of nitrogens with two attached hydrogens (primary N) is 1. The van der Waals surface area contributed by atoms with Crippen LogP contribution < -0.4 is 11.1 Å². The highest BCUT2D eigenvalue weighted by Gasteiger charge is 2.20. The fraction of sp³-hybridized carbons (Fsp3) is 0.333. The molecule has 1 fully saturated rings. The predicted octanol–water partition coefficient (Wildman–Crippen LogP) is 4.48. The third-order valence-corrected chi connectivity index (χ3v) is 7.01. The van der Waals surface area contributed by atoms with Crippen molar-refractivity contribution in [3.63, 3.8) is 0 Å². The first-order chi connectivity index (χ1) is 15.6. The molecule has 1 aromatic heterocycles. The minimum absolute atomic E-state index is 0.00175. The van der Waals surface area contributed by atoms with Crippen molar-refractivity contribution in [3.8, 4) is 22.3 Å². The molecule has 2 aliphatic rings. The number of nitrogen functional groups attached to an aromatic ring is 1.